The molecule has 20 heavy (non-hydrogen) atoms. The maximum atomic E-state index is 5.42. The fourth-order valence-electron chi connectivity index (χ4n) is 2.41. The number of hydrogen-bond acceptors (Lipinski definition) is 3. The van der Waals surface area contributed by atoms with Crippen LogP contribution >= 0.6 is 11.3 Å². The smallest absolute Gasteiger partial charge is 0.124 e. The molecule has 0 aliphatic carbocycles. The fraction of sp³-hybridized carbons (Fsp3) is 0.176. The van der Waals surface area contributed by atoms with Crippen molar-refractivity contribution in [2.45, 2.75) is 13.0 Å². The Balaban J connectivity index is 1.86. The number of ether oxygens (including phenoxy) is 1. The molecule has 2 aromatic carbocycles. The van der Waals surface area contributed by atoms with E-state index in [2.05, 4.69) is 48.0 Å². The number of nitrogens with one attached hydrogen (secondary N) is 1. The average molecular weight is 283 g/mol. The minimum atomic E-state index is 0.197. The second kappa shape index (κ2) is 5.55. The third-order valence-electron chi connectivity index (χ3n) is 3.44. The van der Waals surface area contributed by atoms with E-state index < -0.39 is 0 Å². The minimum Gasteiger partial charge on any atom is -0.496 e. The molecular formula is C17H17NOS. The Morgan fingerprint density at radius 2 is 1.95 bits per heavy atom. The summed E-state index contributed by atoms with van der Waals surface area (Å²) in [5.41, 5.74) is 2.30. The molecule has 0 fully saturated rings. The van der Waals surface area contributed by atoms with Crippen LogP contribution in [0.2, 0.25) is 0 Å². The van der Waals surface area contributed by atoms with Gasteiger partial charge in [0.1, 0.15) is 5.75 Å². The maximum Gasteiger partial charge on any atom is 0.124 e. The van der Waals surface area contributed by atoms with Crippen LogP contribution in [0.1, 0.15) is 18.5 Å². The lowest BCUT2D eigenvalue weighted by molar-refractivity contribution is 0.408. The van der Waals surface area contributed by atoms with Crippen LogP contribution in [0.3, 0.4) is 0 Å². The van der Waals surface area contributed by atoms with Crippen LogP contribution < -0.4 is 10.1 Å². The van der Waals surface area contributed by atoms with Gasteiger partial charge in [-0.25, -0.2) is 0 Å². The van der Waals surface area contributed by atoms with Crippen molar-refractivity contribution >= 4 is 27.1 Å². The Morgan fingerprint density at radius 1 is 1.10 bits per heavy atom. The topological polar surface area (TPSA) is 21.3 Å². The Bertz CT molecular complexity index is 720. The van der Waals surface area contributed by atoms with Crippen molar-refractivity contribution in [3.63, 3.8) is 0 Å². The van der Waals surface area contributed by atoms with Gasteiger partial charge in [-0.3, -0.25) is 0 Å². The standard InChI is InChI=1S/C17H17NOS/c1-12(15-5-3-4-6-16(15)19-2)18-14-7-8-17-13(11-14)9-10-20-17/h3-12,18H,1-2H3. The fourth-order valence-corrected chi connectivity index (χ4v) is 3.18. The molecule has 102 valence electrons. The Morgan fingerprint density at radius 3 is 2.80 bits per heavy atom. The molecule has 1 aromatic heterocycles. The molecule has 0 saturated carbocycles. The zero-order valence-electron chi connectivity index (χ0n) is 11.6. The van der Waals surface area contributed by atoms with E-state index in [-0.39, 0.29) is 6.04 Å². The van der Waals surface area contributed by atoms with Gasteiger partial charge in [0.15, 0.2) is 0 Å². The molecule has 0 aliphatic rings. The Hall–Kier alpha value is -2.00. The van der Waals surface area contributed by atoms with Gasteiger partial charge in [0.05, 0.1) is 13.2 Å². The minimum absolute atomic E-state index is 0.197. The second-order valence-electron chi connectivity index (χ2n) is 4.78. The zero-order valence-corrected chi connectivity index (χ0v) is 12.4. The number of para-hydroxylation sites is 1. The molecular weight excluding hydrogens is 266 g/mol. The summed E-state index contributed by atoms with van der Waals surface area (Å²) in [7, 11) is 1.71. The summed E-state index contributed by atoms with van der Waals surface area (Å²) in [4.78, 5) is 0. The molecule has 1 unspecified atom stereocenters. The SMILES string of the molecule is COc1ccccc1C(C)Nc1ccc2sccc2c1. The first-order valence-electron chi connectivity index (χ1n) is 6.64. The molecule has 0 aliphatic heterocycles. The molecule has 3 heteroatoms. The predicted molar refractivity (Wildman–Crippen MR) is 86.9 cm³/mol. The normalized spacial score (nSPS) is 12.3. The number of benzene rings is 2. The molecule has 2 nitrogen and oxygen atoms in total. The first kappa shape index (κ1) is 13.0. The van der Waals surface area contributed by atoms with Gasteiger partial charge in [-0.15, -0.1) is 11.3 Å². The van der Waals surface area contributed by atoms with E-state index in [1.807, 2.05) is 18.2 Å². The second-order valence-corrected chi connectivity index (χ2v) is 5.73. The molecule has 3 rings (SSSR count). The van der Waals surface area contributed by atoms with Crippen LogP contribution in [-0.4, -0.2) is 7.11 Å². The van der Waals surface area contributed by atoms with E-state index in [0.717, 1.165) is 11.4 Å². The van der Waals surface area contributed by atoms with Gasteiger partial charge in [0.2, 0.25) is 0 Å². The van der Waals surface area contributed by atoms with Crippen molar-refractivity contribution in [2.24, 2.45) is 0 Å². The van der Waals surface area contributed by atoms with Crippen molar-refractivity contribution in [2.75, 3.05) is 12.4 Å². The van der Waals surface area contributed by atoms with Gasteiger partial charge in [-0.2, -0.15) is 0 Å². The van der Waals surface area contributed by atoms with E-state index >= 15 is 0 Å². The lowest BCUT2D eigenvalue weighted by atomic mass is 10.1. The molecule has 1 N–H and O–H groups in total. The molecule has 0 saturated heterocycles. The third kappa shape index (κ3) is 2.49. The summed E-state index contributed by atoms with van der Waals surface area (Å²) in [5, 5.41) is 6.95. The summed E-state index contributed by atoms with van der Waals surface area (Å²) < 4.78 is 6.74. The number of hydrogen-bond donors (Lipinski definition) is 1. The molecule has 0 amide bonds. The number of anilines is 1. The lowest BCUT2D eigenvalue weighted by Gasteiger charge is -2.18. The Kier molecular flexibility index (Phi) is 3.61. The van der Waals surface area contributed by atoms with Crippen LogP contribution in [0.15, 0.2) is 53.9 Å². The van der Waals surface area contributed by atoms with Gasteiger partial charge in [-0.1, -0.05) is 18.2 Å². The van der Waals surface area contributed by atoms with Crippen molar-refractivity contribution in [1.29, 1.82) is 0 Å². The first-order chi connectivity index (χ1) is 9.78. The molecule has 0 spiro atoms. The monoisotopic (exact) mass is 283 g/mol. The van der Waals surface area contributed by atoms with Crippen LogP contribution in [0.25, 0.3) is 10.1 Å². The summed E-state index contributed by atoms with van der Waals surface area (Å²) in [6, 6.07) is 17.0. The van der Waals surface area contributed by atoms with E-state index in [1.54, 1.807) is 18.4 Å². The molecule has 1 heterocycles. The molecule has 3 aromatic rings. The van der Waals surface area contributed by atoms with Gasteiger partial charge in [0, 0.05) is 16.0 Å². The Labute approximate surface area is 123 Å². The van der Waals surface area contributed by atoms with Crippen molar-refractivity contribution in [3.8, 4) is 5.75 Å². The van der Waals surface area contributed by atoms with E-state index in [1.165, 1.54) is 15.6 Å². The van der Waals surface area contributed by atoms with Crippen LogP contribution in [-0.2, 0) is 0 Å². The van der Waals surface area contributed by atoms with Crippen molar-refractivity contribution in [1.82, 2.24) is 0 Å². The molecule has 1 atom stereocenters. The molecule has 0 bridgehead atoms. The quantitative estimate of drug-likeness (QED) is 0.720. The highest BCUT2D eigenvalue weighted by atomic mass is 32.1. The van der Waals surface area contributed by atoms with Gasteiger partial charge in [-0.05, 0) is 48.0 Å². The van der Waals surface area contributed by atoms with Gasteiger partial charge >= 0.3 is 0 Å². The van der Waals surface area contributed by atoms with Gasteiger partial charge in [0.25, 0.3) is 0 Å². The number of fused-ring (bicyclic) bond motifs is 1. The predicted octanol–water partition coefficient (Wildman–Crippen LogP) is 5.08. The average Bonchev–Trinajstić information content (AvgIpc) is 2.94. The highest BCUT2D eigenvalue weighted by molar-refractivity contribution is 7.17. The van der Waals surface area contributed by atoms with E-state index in [0.29, 0.717) is 0 Å². The number of rotatable bonds is 4. The van der Waals surface area contributed by atoms with Crippen LogP contribution in [0, 0.1) is 0 Å². The van der Waals surface area contributed by atoms with Crippen molar-refractivity contribution < 1.29 is 4.74 Å². The van der Waals surface area contributed by atoms with E-state index in [4.69, 9.17) is 4.74 Å². The summed E-state index contributed by atoms with van der Waals surface area (Å²) in [6.45, 7) is 2.15. The maximum absolute atomic E-state index is 5.42. The largest absolute Gasteiger partial charge is 0.496 e. The van der Waals surface area contributed by atoms with Crippen molar-refractivity contribution in [3.05, 3.63) is 59.5 Å². The number of thiophene rings is 1. The van der Waals surface area contributed by atoms with Crippen LogP contribution in [0.4, 0.5) is 5.69 Å². The van der Waals surface area contributed by atoms with Crippen LogP contribution in [0.5, 0.6) is 5.75 Å². The summed E-state index contributed by atoms with van der Waals surface area (Å²) >= 11 is 1.77. The summed E-state index contributed by atoms with van der Waals surface area (Å²) in [5.74, 6) is 0.920. The van der Waals surface area contributed by atoms with E-state index in [9.17, 15) is 0 Å². The zero-order chi connectivity index (χ0) is 13.9. The lowest BCUT2D eigenvalue weighted by Crippen LogP contribution is -2.07. The number of methoxy groups -OCH3 is 1. The summed E-state index contributed by atoms with van der Waals surface area (Å²) in [6.07, 6.45) is 0. The van der Waals surface area contributed by atoms with Gasteiger partial charge < -0.3 is 10.1 Å². The first-order valence-corrected chi connectivity index (χ1v) is 7.52. The highest BCUT2D eigenvalue weighted by Crippen LogP contribution is 2.29. The third-order valence-corrected chi connectivity index (χ3v) is 4.34. The highest BCUT2D eigenvalue weighted by Gasteiger charge is 2.10. The molecule has 0 radical (unpaired) electrons.